The Hall–Kier alpha value is -2.36. The summed E-state index contributed by atoms with van der Waals surface area (Å²) in [5.74, 6) is 0.202. The van der Waals surface area contributed by atoms with E-state index in [1.165, 1.54) is 12.1 Å². The van der Waals surface area contributed by atoms with Crippen LogP contribution in [0.4, 0.5) is 10.1 Å². The fourth-order valence-electron chi connectivity index (χ4n) is 1.71. The Labute approximate surface area is 111 Å². The van der Waals surface area contributed by atoms with E-state index in [9.17, 15) is 9.18 Å². The molecular formula is C15H14FNO2. The maximum atomic E-state index is 13.0. The van der Waals surface area contributed by atoms with Crippen LogP contribution in [0.2, 0.25) is 0 Å². The van der Waals surface area contributed by atoms with Crippen molar-refractivity contribution in [3.63, 3.8) is 0 Å². The molecule has 98 valence electrons. The third-order valence-electron chi connectivity index (χ3n) is 2.63. The lowest BCUT2D eigenvalue weighted by Gasteiger charge is -2.06. The quantitative estimate of drug-likeness (QED) is 0.916. The molecule has 19 heavy (non-hydrogen) atoms. The van der Waals surface area contributed by atoms with Crippen molar-refractivity contribution in [3.05, 3.63) is 59.9 Å². The van der Waals surface area contributed by atoms with E-state index in [4.69, 9.17) is 4.74 Å². The maximum Gasteiger partial charge on any atom is 0.228 e. The molecule has 0 saturated heterocycles. The van der Waals surface area contributed by atoms with Gasteiger partial charge in [-0.15, -0.1) is 0 Å². The molecule has 0 spiro atoms. The van der Waals surface area contributed by atoms with Crippen LogP contribution < -0.4 is 10.1 Å². The summed E-state index contributed by atoms with van der Waals surface area (Å²) < 4.78 is 18.0. The Morgan fingerprint density at radius 2 is 1.95 bits per heavy atom. The SMILES string of the molecule is COc1ccc(NC(=O)Cc2cccc(F)c2)cc1. The average Bonchev–Trinajstić information content (AvgIpc) is 2.39. The van der Waals surface area contributed by atoms with E-state index in [2.05, 4.69) is 5.32 Å². The molecule has 0 aromatic heterocycles. The summed E-state index contributed by atoms with van der Waals surface area (Å²) in [4.78, 5) is 11.8. The first-order valence-corrected chi connectivity index (χ1v) is 5.86. The minimum absolute atomic E-state index is 0.143. The normalized spacial score (nSPS) is 10.0. The maximum absolute atomic E-state index is 13.0. The van der Waals surface area contributed by atoms with Gasteiger partial charge in [-0.3, -0.25) is 4.79 Å². The van der Waals surface area contributed by atoms with Gasteiger partial charge in [-0.05, 0) is 42.0 Å². The molecule has 0 radical (unpaired) electrons. The number of hydrogen-bond acceptors (Lipinski definition) is 2. The number of methoxy groups -OCH3 is 1. The lowest BCUT2D eigenvalue weighted by molar-refractivity contribution is -0.115. The molecule has 2 aromatic rings. The zero-order valence-corrected chi connectivity index (χ0v) is 10.5. The number of nitrogens with one attached hydrogen (secondary N) is 1. The summed E-state index contributed by atoms with van der Waals surface area (Å²) in [5.41, 5.74) is 1.33. The lowest BCUT2D eigenvalue weighted by Crippen LogP contribution is -2.14. The molecule has 0 heterocycles. The van der Waals surface area contributed by atoms with Crippen molar-refractivity contribution in [2.75, 3.05) is 12.4 Å². The van der Waals surface area contributed by atoms with Crippen LogP contribution in [-0.4, -0.2) is 13.0 Å². The first kappa shape index (κ1) is 13.1. The van der Waals surface area contributed by atoms with Gasteiger partial charge in [-0.25, -0.2) is 4.39 Å². The molecule has 0 bridgehead atoms. The Morgan fingerprint density at radius 1 is 1.21 bits per heavy atom. The zero-order chi connectivity index (χ0) is 13.7. The molecular weight excluding hydrogens is 245 g/mol. The monoisotopic (exact) mass is 259 g/mol. The third kappa shape index (κ3) is 3.81. The molecule has 2 rings (SSSR count). The minimum atomic E-state index is -0.338. The molecule has 0 atom stereocenters. The number of carbonyl (C=O) groups is 1. The van der Waals surface area contributed by atoms with Gasteiger partial charge in [0.1, 0.15) is 11.6 Å². The molecule has 0 unspecified atom stereocenters. The van der Waals surface area contributed by atoms with E-state index < -0.39 is 0 Å². The molecule has 0 fully saturated rings. The van der Waals surface area contributed by atoms with Crippen molar-refractivity contribution in [1.82, 2.24) is 0 Å². The Balaban J connectivity index is 1.97. The number of rotatable bonds is 4. The van der Waals surface area contributed by atoms with E-state index in [0.717, 1.165) is 5.75 Å². The van der Waals surface area contributed by atoms with Crippen LogP contribution in [0.25, 0.3) is 0 Å². The van der Waals surface area contributed by atoms with Gasteiger partial charge in [0.05, 0.1) is 13.5 Å². The van der Waals surface area contributed by atoms with Crippen molar-refractivity contribution in [3.8, 4) is 5.75 Å². The highest BCUT2D eigenvalue weighted by molar-refractivity contribution is 5.92. The van der Waals surface area contributed by atoms with E-state index in [-0.39, 0.29) is 18.1 Å². The van der Waals surface area contributed by atoms with Crippen molar-refractivity contribution in [2.24, 2.45) is 0 Å². The zero-order valence-electron chi connectivity index (χ0n) is 10.5. The summed E-state index contributed by atoms with van der Waals surface area (Å²) in [5, 5.41) is 2.74. The molecule has 0 aliphatic heterocycles. The number of ether oxygens (including phenoxy) is 1. The Morgan fingerprint density at radius 3 is 2.58 bits per heavy atom. The second kappa shape index (κ2) is 6.00. The van der Waals surface area contributed by atoms with Crippen molar-refractivity contribution in [2.45, 2.75) is 6.42 Å². The predicted octanol–water partition coefficient (Wildman–Crippen LogP) is 3.02. The molecule has 0 aliphatic rings. The van der Waals surface area contributed by atoms with Gasteiger partial charge in [0.25, 0.3) is 0 Å². The number of carbonyl (C=O) groups excluding carboxylic acids is 1. The van der Waals surface area contributed by atoms with Gasteiger partial charge in [0, 0.05) is 5.69 Å². The highest BCUT2D eigenvalue weighted by Crippen LogP contribution is 2.15. The van der Waals surface area contributed by atoms with Gasteiger partial charge in [0.15, 0.2) is 0 Å². The highest BCUT2D eigenvalue weighted by atomic mass is 19.1. The van der Waals surface area contributed by atoms with E-state index in [1.54, 1.807) is 43.5 Å². The topological polar surface area (TPSA) is 38.3 Å². The van der Waals surface area contributed by atoms with Crippen LogP contribution in [-0.2, 0) is 11.2 Å². The number of anilines is 1. The van der Waals surface area contributed by atoms with Crippen LogP contribution >= 0.6 is 0 Å². The number of benzene rings is 2. The van der Waals surface area contributed by atoms with Gasteiger partial charge in [0.2, 0.25) is 5.91 Å². The van der Waals surface area contributed by atoms with Crippen LogP contribution in [0, 0.1) is 5.82 Å². The fraction of sp³-hybridized carbons (Fsp3) is 0.133. The minimum Gasteiger partial charge on any atom is -0.497 e. The van der Waals surface area contributed by atoms with Gasteiger partial charge < -0.3 is 10.1 Å². The van der Waals surface area contributed by atoms with Gasteiger partial charge in [-0.2, -0.15) is 0 Å². The van der Waals surface area contributed by atoms with Crippen LogP contribution in [0.3, 0.4) is 0 Å². The van der Waals surface area contributed by atoms with E-state index >= 15 is 0 Å². The summed E-state index contributed by atoms with van der Waals surface area (Å²) in [6.45, 7) is 0. The van der Waals surface area contributed by atoms with Crippen molar-refractivity contribution >= 4 is 11.6 Å². The Kier molecular flexibility index (Phi) is 4.13. The van der Waals surface area contributed by atoms with Crippen LogP contribution in [0.1, 0.15) is 5.56 Å². The second-order valence-corrected chi connectivity index (χ2v) is 4.08. The molecule has 2 aromatic carbocycles. The third-order valence-corrected chi connectivity index (χ3v) is 2.63. The average molecular weight is 259 g/mol. The highest BCUT2D eigenvalue weighted by Gasteiger charge is 2.05. The smallest absolute Gasteiger partial charge is 0.228 e. The van der Waals surface area contributed by atoms with Gasteiger partial charge >= 0.3 is 0 Å². The lowest BCUT2D eigenvalue weighted by atomic mass is 10.1. The molecule has 0 saturated carbocycles. The second-order valence-electron chi connectivity index (χ2n) is 4.08. The summed E-state index contributed by atoms with van der Waals surface area (Å²) in [6, 6.07) is 13.0. The van der Waals surface area contributed by atoms with Crippen LogP contribution in [0.5, 0.6) is 5.75 Å². The first-order chi connectivity index (χ1) is 9.17. The summed E-state index contributed by atoms with van der Waals surface area (Å²) in [7, 11) is 1.58. The first-order valence-electron chi connectivity index (χ1n) is 5.86. The van der Waals surface area contributed by atoms with E-state index in [0.29, 0.717) is 11.3 Å². The molecule has 4 heteroatoms. The number of halogens is 1. The van der Waals surface area contributed by atoms with Crippen molar-refractivity contribution < 1.29 is 13.9 Å². The fourth-order valence-corrected chi connectivity index (χ4v) is 1.71. The van der Waals surface area contributed by atoms with E-state index in [1.807, 2.05) is 0 Å². The number of hydrogen-bond donors (Lipinski definition) is 1. The van der Waals surface area contributed by atoms with Crippen molar-refractivity contribution in [1.29, 1.82) is 0 Å². The molecule has 0 aliphatic carbocycles. The van der Waals surface area contributed by atoms with Crippen LogP contribution in [0.15, 0.2) is 48.5 Å². The number of amides is 1. The Bertz CT molecular complexity index is 567. The molecule has 1 N–H and O–H groups in total. The summed E-state index contributed by atoms with van der Waals surface area (Å²) >= 11 is 0. The molecule has 1 amide bonds. The largest absolute Gasteiger partial charge is 0.497 e. The summed E-state index contributed by atoms with van der Waals surface area (Å²) in [6.07, 6.45) is 0.143. The van der Waals surface area contributed by atoms with Gasteiger partial charge in [-0.1, -0.05) is 12.1 Å². The molecule has 3 nitrogen and oxygen atoms in total. The predicted molar refractivity (Wildman–Crippen MR) is 71.7 cm³/mol. The standard InChI is InChI=1S/C15H14FNO2/c1-19-14-7-5-13(6-8-14)17-15(18)10-11-3-2-4-12(16)9-11/h2-9H,10H2,1H3,(H,17,18).